The molecule has 0 saturated carbocycles. The monoisotopic (exact) mass is 403 g/mol. The number of para-hydroxylation sites is 2. The number of piperidine rings is 1. The summed E-state index contributed by atoms with van der Waals surface area (Å²) in [5.74, 6) is 0.603. The van der Waals surface area contributed by atoms with Gasteiger partial charge >= 0.3 is 0 Å². The number of anilines is 1. The Labute approximate surface area is 153 Å². The average Bonchev–Trinajstić information content (AvgIpc) is 3.26. The van der Waals surface area contributed by atoms with Crippen LogP contribution in [0.3, 0.4) is 0 Å². The van der Waals surface area contributed by atoms with Crippen LogP contribution in [-0.4, -0.2) is 30.5 Å². The summed E-state index contributed by atoms with van der Waals surface area (Å²) in [5.41, 5.74) is 1.70. The second-order valence-electron chi connectivity index (χ2n) is 6.21. The van der Waals surface area contributed by atoms with Crippen molar-refractivity contribution in [2.75, 3.05) is 24.5 Å². The lowest BCUT2D eigenvalue weighted by Gasteiger charge is -2.30. The van der Waals surface area contributed by atoms with Gasteiger partial charge in [-0.25, -0.2) is 0 Å². The van der Waals surface area contributed by atoms with Crippen LogP contribution >= 0.6 is 15.9 Å². The molecule has 1 amide bonds. The number of rotatable bonds is 4. The second-order valence-corrected chi connectivity index (χ2v) is 6.99. The van der Waals surface area contributed by atoms with Gasteiger partial charge in [-0.1, -0.05) is 12.1 Å². The van der Waals surface area contributed by atoms with E-state index in [-0.39, 0.29) is 5.91 Å². The topological polar surface area (TPSA) is 71.5 Å². The summed E-state index contributed by atoms with van der Waals surface area (Å²) in [6, 6.07) is 11.9. The van der Waals surface area contributed by atoms with E-state index in [1.807, 2.05) is 24.3 Å². The summed E-state index contributed by atoms with van der Waals surface area (Å²) >= 11 is 3.20. The molecule has 0 aliphatic carbocycles. The van der Waals surface area contributed by atoms with Crippen LogP contribution in [0.4, 0.5) is 6.01 Å². The number of furan rings is 1. The number of carbonyl (C=O) groups is 1. The van der Waals surface area contributed by atoms with E-state index in [2.05, 4.69) is 31.1 Å². The molecule has 2 aromatic heterocycles. The van der Waals surface area contributed by atoms with Gasteiger partial charge in [-0.15, -0.1) is 0 Å². The standard InChI is InChI=1S/C18H18BrN3O3/c19-16-6-5-15(24-16)17(23)20-11-12-7-9-22(10-8-12)18-21-13-3-1-2-4-14(13)25-18/h1-6,12H,7-11H2,(H,20,23). The Balaban J connectivity index is 1.30. The molecule has 7 heteroatoms. The smallest absolute Gasteiger partial charge is 0.298 e. The van der Waals surface area contributed by atoms with E-state index in [1.165, 1.54) is 0 Å². The first kappa shape index (κ1) is 16.2. The highest BCUT2D eigenvalue weighted by atomic mass is 79.9. The van der Waals surface area contributed by atoms with Gasteiger partial charge in [-0.3, -0.25) is 4.79 Å². The Kier molecular flexibility index (Phi) is 4.48. The van der Waals surface area contributed by atoms with Gasteiger partial charge in [0, 0.05) is 19.6 Å². The summed E-state index contributed by atoms with van der Waals surface area (Å²) in [5, 5.41) is 2.95. The number of nitrogens with zero attached hydrogens (tertiary/aromatic N) is 2. The van der Waals surface area contributed by atoms with Gasteiger partial charge in [-0.2, -0.15) is 4.98 Å². The molecule has 0 radical (unpaired) electrons. The Hall–Kier alpha value is -2.28. The van der Waals surface area contributed by atoms with Crippen LogP contribution in [0.25, 0.3) is 11.1 Å². The Morgan fingerprint density at radius 2 is 2.00 bits per heavy atom. The molecule has 0 spiro atoms. The lowest BCUT2D eigenvalue weighted by Crippen LogP contribution is -2.38. The van der Waals surface area contributed by atoms with Gasteiger partial charge in [0.05, 0.1) is 0 Å². The van der Waals surface area contributed by atoms with E-state index < -0.39 is 0 Å². The van der Waals surface area contributed by atoms with Gasteiger partial charge in [-0.05, 0) is 59.0 Å². The van der Waals surface area contributed by atoms with E-state index in [4.69, 9.17) is 8.83 Å². The first-order valence-corrected chi connectivity index (χ1v) is 9.12. The summed E-state index contributed by atoms with van der Waals surface area (Å²) < 4.78 is 11.7. The molecule has 1 N–H and O–H groups in total. The zero-order valence-corrected chi connectivity index (χ0v) is 15.2. The number of hydrogen-bond donors (Lipinski definition) is 1. The highest BCUT2D eigenvalue weighted by Gasteiger charge is 2.23. The molecule has 1 saturated heterocycles. The van der Waals surface area contributed by atoms with Gasteiger partial charge in [0.25, 0.3) is 11.9 Å². The van der Waals surface area contributed by atoms with Crippen molar-refractivity contribution in [1.82, 2.24) is 10.3 Å². The van der Waals surface area contributed by atoms with E-state index in [0.29, 0.717) is 28.9 Å². The molecule has 1 aliphatic rings. The highest BCUT2D eigenvalue weighted by Crippen LogP contribution is 2.26. The molecule has 3 heterocycles. The van der Waals surface area contributed by atoms with Crippen molar-refractivity contribution in [1.29, 1.82) is 0 Å². The first-order chi connectivity index (χ1) is 12.2. The fraction of sp³-hybridized carbons (Fsp3) is 0.333. The number of benzene rings is 1. The van der Waals surface area contributed by atoms with Gasteiger partial charge in [0.15, 0.2) is 16.0 Å². The summed E-state index contributed by atoms with van der Waals surface area (Å²) in [6.45, 7) is 2.40. The SMILES string of the molecule is O=C(NCC1CCN(c2nc3ccccc3o2)CC1)c1ccc(Br)o1. The molecule has 0 atom stereocenters. The lowest BCUT2D eigenvalue weighted by atomic mass is 9.97. The zero-order valence-electron chi connectivity index (χ0n) is 13.6. The van der Waals surface area contributed by atoms with Crippen molar-refractivity contribution < 1.29 is 13.6 Å². The van der Waals surface area contributed by atoms with Crippen LogP contribution in [0, 0.1) is 5.92 Å². The average molecular weight is 404 g/mol. The number of nitrogens with one attached hydrogen (secondary N) is 1. The number of halogens is 1. The molecule has 1 aromatic carbocycles. The molecule has 3 aromatic rings. The van der Waals surface area contributed by atoms with Crippen molar-refractivity contribution in [3.63, 3.8) is 0 Å². The minimum absolute atomic E-state index is 0.174. The van der Waals surface area contributed by atoms with E-state index >= 15 is 0 Å². The fourth-order valence-electron chi connectivity index (χ4n) is 3.08. The summed E-state index contributed by atoms with van der Waals surface area (Å²) in [4.78, 5) is 18.7. The predicted molar refractivity (Wildman–Crippen MR) is 97.7 cm³/mol. The third kappa shape index (κ3) is 3.56. The predicted octanol–water partition coefficient (Wildman–Crippen LogP) is 3.83. The van der Waals surface area contributed by atoms with Crippen molar-refractivity contribution in [3.05, 3.63) is 46.8 Å². The molecule has 1 fully saturated rings. The van der Waals surface area contributed by atoms with E-state index in [1.54, 1.807) is 12.1 Å². The highest BCUT2D eigenvalue weighted by molar-refractivity contribution is 9.10. The lowest BCUT2D eigenvalue weighted by molar-refractivity contribution is 0.0915. The molecular formula is C18H18BrN3O3. The number of amides is 1. The van der Waals surface area contributed by atoms with Crippen molar-refractivity contribution in [3.8, 4) is 0 Å². The van der Waals surface area contributed by atoms with Crippen LogP contribution in [0.1, 0.15) is 23.4 Å². The van der Waals surface area contributed by atoms with Crippen LogP contribution in [0.5, 0.6) is 0 Å². The Morgan fingerprint density at radius 1 is 1.20 bits per heavy atom. The summed E-state index contributed by atoms with van der Waals surface area (Å²) in [7, 11) is 0. The maximum absolute atomic E-state index is 12.0. The van der Waals surface area contributed by atoms with Crippen molar-refractivity contribution >= 4 is 39.0 Å². The maximum Gasteiger partial charge on any atom is 0.298 e. The molecule has 6 nitrogen and oxygen atoms in total. The first-order valence-electron chi connectivity index (χ1n) is 8.33. The van der Waals surface area contributed by atoms with Gasteiger partial charge < -0.3 is 19.1 Å². The minimum atomic E-state index is -0.174. The number of oxazole rings is 1. The Bertz CT molecular complexity index is 847. The molecular weight excluding hydrogens is 386 g/mol. The number of hydrogen-bond acceptors (Lipinski definition) is 5. The maximum atomic E-state index is 12.0. The van der Waals surface area contributed by atoms with Crippen LogP contribution < -0.4 is 10.2 Å². The molecule has 0 unspecified atom stereocenters. The number of fused-ring (bicyclic) bond motifs is 1. The number of carbonyl (C=O) groups excluding carboxylic acids is 1. The molecule has 1 aliphatic heterocycles. The minimum Gasteiger partial charge on any atom is -0.444 e. The quantitative estimate of drug-likeness (QED) is 0.716. The molecule has 130 valence electrons. The van der Waals surface area contributed by atoms with Crippen molar-refractivity contribution in [2.45, 2.75) is 12.8 Å². The van der Waals surface area contributed by atoms with Gasteiger partial charge in [0.2, 0.25) is 0 Å². The summed E-state index contributed by atoms with van der Waals surface area (Å²) in [6.07, 6.45) is 1.97. The second kappa shape index (κ2) is 6.92. The molecule has 25 heavy (non-hydrogen) atoms. The third-order valence-electron chi connectivity index (χ3n) is 4.52. The van der Waals surface area contributed by atoms with Crippen molar-refractivity contribution in [2.24, 2.45) is 5.92 Å². The zero-order chi connectivity index (χ0) is 17.2. The number of aromatic nitrogens is 1. The normalized spacial score (nSPS) is 15.6. The Morgan fingerprint density at radius 3 is 2.72 bits per heavy atom. The van der Waals surface area contributed by atoms with E-state index in [0.717, 1.165) is 37.0 Å². The van der Waals surface area contributed by atoms with Crippen LogP contribution in [0.15, 0.2) is 49.9 Å². The van der Waals surface area contributed by atoms with E-state index in [9.17, 15) is 4.79 Å². The molecule has 0 bridgehead atoms. The molecule has 4 rings (SSSR count). The fourth-order valence-corrected chi connectivity index (χ4v) is 3.39. The van der Waals surface area contributed by atoms with Crippen LogP contribution in [-0.2, 0) is 0 Å². The third-order valence-corrected chi connectivity index (χ3v) is 4.94. The largest absolute Gasteiger partial charge is 0.444 e. The van der Waals surface area contributed by atoms with Crippen LogP contribution in [0.2, 0.25) is 0 Å². The van der Waals surface area contributed by atoms with Gasteiger partial charge in [0.1, 0.15) is 5.52 Å².